The predicted octanol–water partition coefficient (Wildman–Crippen LogP) is 3.75. The Kier molecular flexibility index (Phi) is 4.79. The minimum atomic E-state index is 0.599. The van der Waals surface area contributed by atoms with Crippen molar-refractivity contribution >= 4 is 15.9 Å². The Morgan fingerprint density at radius 1 is 1.11 bits per heavy atom. The molecule has 2 nitrogen and oxygen atoms in total. The number of hydrogen-bond donors (Lipinski definition) is 1. The van der Waals surface area contributed by atoms with E-state index in [2.05, 4.69) is 39.4 Å². The molecule has 0 aromatic heterocycles. The van der Waals surface area contributed by atoms with Crippen molar-refractivity contribution in [2.75, 3.05) is 7.05 Å². The Morgan fingerprint density at radius 2 is 1.89 bits per heavy atom. The maximum atomic E-state index is 5.79. The molecular formula is C15H16BrNO. The van der Waals surface area contributed by atoms with Crippen LogP contribution in [0.3, 0.4) is 0 Å². The molecule has 0 heterocycles. The molecule has 0 saturated heterocycles. The second-order valence-electron chi connectivity index (χ2n) is 4.06. The van der Waals surface area contributed by atoms with Crippen LogP contribution in [0.25, 0.3) is 0 Å². The van der Waals surface area contributed by atoms with Gasteiger partial charge in [-0.15, -0.1) is 0 Å². The van der Waals surface area contributed by atoms with Gasteiger partial charge in [-0.3, -0.25) is 0 Å². The third-order valence-corrected chi connectivity index (χ3v) is 3.41. The van der Waals surface area contributed by atoms with E-state index in [0.29, 0.717) is 6.61 Å². The third kappa shape index (κ3) is 3.59. The summed E-state index contributed by atoms with van der Waals surface area (Å²) in [6.45, 7) is 1.42. The van der Waals surface area contributed by atoms with Crippen molar-refractivity contribution in [2.45, 2.75) is 13.2 Å². The second kappa shape index (κ2) is 6.57. The summed E-state index contributed by atoms with van der Waals surface area (Å²) >= 11 is 3.53. The van der Waals surface area contributed by atoms with Crippen molar-refractivity contribution in [2.24, 2.45) is 0 Å². The monoisotopic (exact) mass is 305 g/mol. The smallest absolute Gasteiger partial charge is 0.120 e. The van der Waals surface area contributed by atoms with Crippen LogP contribution in [-0.4, -0.2) is 7.05 Å². The minimum absolute atomic E-state index is 0.599. The SMILES string of the molecule is CNCc1cc(OCc2ccccc2)ccc1Br. The molecule has 0 aliphatic carbocycles. The van der Waals surface area contributed by atoms with Gasteiger partial charge in [-0.25, -0.2) is 0 Å². The lowest BCUT2D eigenvalue weighted by Crippen LogP contribution is -2.06. The highest BCUT2D eigenvalue weighted by atomic mass is 79.9. The van der Waals surface area contributed by atoms with Gasteiger partial charge >= 0.3 is 0 Å². The fraction of sp³-hybridized carbons (Fsp3) is 0.200. The maximum absolute atomic E-state index is 5.79. The Balaban J connectivity index is 2.03. The van der Waals surface area contributed by atoms with Gasteiger partial charge in [-0.1, -0.05) is 46.3 Å². The van der Waals surface area contributed by atoms with Crippen LogP contribution in [0.1, 0.15) is 11.1 Å². The van der Waals surface area contributed by atoms with Gasteiger partial charge < -0.3 is 10.1 Å². The lowest BCUT2D eigenvalue weighted by Gasteiger charge is -2.09. The first-order valence-electron chi connectivity index (χ1n) is 5.89. The lowest BCUT2D eigenvalue weighted by atomic mass is 10.2. The zero-order chi connectivity index (χ0) is 12.8. The molecule has 2 rings (SSSR count). The topological polar surface area (TPSA) is 21.3 Å². The van der Waals surface area contributed by atoms with Gasteiger partial charge in [0.05, 0.1) is 0 Å². The molecule has 1 N–H and O–H groups in total. The number of nitrogens with one attached hydrogen (secondary N) is 1. The van der Waals surface area contributed by atoms with Crippen LogP contribution >= 0.6 is 15.9 Å². The van der Waals surface area contributed by atoms with Crippen molar-refractivity contribution in [3.8, 4) is 5.75 Å². The highest BCUT2D eigenvalue weighted by Gasteiger charge is 2.02. The van der Waals surface area contributed by atoms with E-state index in [0.717, 1.165) is 16.8 Å². The van der Waals surface area contributed by atoms with Crippen molar-refractivity contribution in [3.63, 3.8) is 0 Å². The maximum Gasteiger partial charge on any atom is 0.120 e. The average molecular weight is 306 g/mol. The Labute approximate surface area is 116 Å². The van der Waals surface area contributed by atoms with Crippen LogP contribution in [0.2, 0.25) is 0 Å². The number of rotatable bonds is 5. The van der Waals surface area contributed by atoms with E-state index in [-0.39, 0.29) is 0 Å². The first kappa shape index (κ1) is 13.1. The molecule has 0 amide bonds. The molecule has 2 aromatic carbocycles. The molecule has 0 aliphatic heterocycles. The summed E-state index contributed by atoms with van der Waals surface area (Å²) in [7, 11) is 1.93. The van der Waals surface area contributed by atoms with Crippen molar-refractivity contribution in [1.82, 2.24) is 5.32 Å². The van der Waals surface area contributed by atoms with Crippen LogP contribution in [0.5, 0.6) is 5.75 Å². The van der Waals surface area contributed by atoms with Gasteiger partial charge in [0.2, 0.25) is 0 Å². The third-order valence-electron chi connectivity index (χ3n) is 2.63. The molecule has 3 heteroatoms. The summed E-state index contributed by atoms with van der Waals surface area (Å²) in [6.07, 6.45) is 0. The van der Waals surface area contributed by atoms with Crippen molar-refractivity contribution < 1.29 is 4.74 Å². The molecule has 0 unspecified atom stereocenters. The predicted molar refractivity (Wildman–Crippen MR) is 77.7 cm³/mol. The van der Waals surface area contributed by atoms with Gasteiger partial charge in [0.1, 0.15) is 12.4 Å². The summed E-state index contributed by atoms with van der Waals surface area (Å²) in [5.41, 5.74) is 2.37. The molecule has 94 valence electrons. The van der Waals surface area contributed by atoms with Crippen molar-refractivity contribution in [1.29, 1.82) is 0 Å². The first-order chi connectivity index (χ1) is 8.79. The van der Waals surface area contributed by atoms with E-state index in [1.165, 1.54) is 11.1 Å². The zero-order valence-electron chi connectivity index (χ0n) is 10.3. The highest BCUT2D eigenvalue weighted by molar-refractivity contribution is 9.10. The summed E-state index contributed by atoms with van der Waals surface area (Å²) in [4.78, 5) is 0. The molecular weight excluding hydrogens is 290 g/mol. The Hall–Kier alpha value is -1.32. The quantitative estimate of drug-likeness (QED) is 0.908. The molecule has 0 spiro atoms. The van der Waals surface area contributed by atoms with Gasteiger partial charge in [-0.05, 0) is 36.4 Å². The fourth-order valence-electron chi connectivity index (χ4n) is 1.71. The summed E-state index contributed by atoms with van der Waals surface area (Å²) in [5, 5.41) is 3.14. The molecule has 0 bridgehead atoms. The van der Waals surface area contributed by atoms with E-state index < -0.39 is 0 Å². The second-order valence-corrected chi connectivity index (χ2v) is 4.91. The summed E-state index contributed by atoms with van der Waals surface area (Å²) < 4.78 is 6.89. The van der Waals surface area contributed by atoms with Gasteiger partial charge in [-0.2, -0.15) is 0 Å². The number of ether oxygens (including phenoxy) is 1. The molecule has 0 aliphatic rings. The number of benzene rings is 2. The summed E-state index contributed by atoms with van der Waals surface area (Å²) in [5.74, 6) is 0.896. The zero-order valence-corrected chi connectivity index (χ0v) is 11.9. The van der Waals surface area contributed by atoms with Gasteiger partial charge in [0.15, 0.2) is 0 Å². The van der Waals surface area contributed by atoms with E-state index in [1.54, 1.807) is 0 Å². The summed E-state index contributed by atoms with van der Waals surface area (Å²) in [6, 6.07) is 16.2. The lowest BCUT2D eigenvalue weighted by molar-refractivity contribution is 0.306. The molecule has 2 aromatic rings. The van der Waals surface area contributed by atoms with Gasteiger partial charge in [0.25, 0.3) is 0 Å². The van der Waals surface area contributed by atoms with Crippen LogP contribution in [0.4, 0.5) is 0 Å². The Bertz CT molecular complexity index is 499. The molecule has 0 radical (unpaired) electrons. The van der Waals surface area contributed by atoms with E-state index >= 15 is 0 Å². The van der Waals surface area contributed by atoms with E-state index in [1.807, 2.05) is 37.4 Å². The average Bonchev–Trinajstić information content (AvgIpc) is 2.41. The Morgan fingerprint density at radius 3 is 2.61 bits per heavy atom. The number of hydrogen-bond acceptors (Lipinski definition) is 2. The normalized spacial score (nSPS) is 10.3. The number of halogens is 1. The fourth-order valence-corrected chi connectivity index (χ4v) is 2.09. The van der Waals surface area contributed by atoms with Crippen LogP contribution in [0.15, 0.2) is 53.0 Å². The van der Waals surface area contributed by atoms with Crippen molar-refractivity contribution in [3.05, 3.63) is 64.1 Å². The minimum Gasteiger partial charge on any atom is -0.489 e. The molecule has 18 heavy (non-hydrogen) atoms. The van der Waals surface area contributed by atoms with Crippen LogP contribution in [-0.2, 0) is 13.2 Å². The molecule has 0 saturated carbocycles. The van der Waals surface area contributed by atoms with Gasteiger partial charge in [0, 0.05) is 11.0 Å². The molecule has 0 atom stereocenters. The van der Waals surface area contributed by atoms with Crippen LogP contribution in [0, 0.1) is 0 Å². The highest BCUT2D eigenvalue weighted by Crippen LogP contribution is 2.23. The molecule has 0 fully saturated rings. The van der Waals surface area contributed by atoms with E-state index in [9.17, 15) is 0 Å². The van der Waals surface area contributed by atoms with Crippen LogP contribution < -0.4 is 10.1 Å². The first-order valence-corrected chi connectivity index (χ1v) is 6.68. The largest absolute Gasteiger partial charge is 0.489 e. The van der Waals surface area contributed by atoms with E-state index in [4.69, 9.17) is 4.74 Å². The standard InChI is InChI=1S/C15H16BrNO/c1-17-10-13-9-14(7-8-15(13)16)18-11-12-5-3-2-4-6-12/h2-9,17H,10-11H2,1H3.